The van der Waals surface area contributed by atoms with E-state index >= 15 is 0 Å². The van der Waals surface area contributed by atoms with Crippen LogP contribution in [0.25, 0.3) is 23.1 Å². The van der Waals surface area contributed by atoms with E-state index in [0.717, 1.165) is 40.4 Å². The van der Waals surface area contributed by atoms with Gasteiger partial charge in [-0.15, -0.1) is 0 Å². The van der Waals surface area contributed by atoms with Crippen molar-refractivity contribution in [3.8, 4) is 0 Å². The summed E-state index contributed by atoms with van der Waals surface area (Å²) < 4.78 is 10.8. The average molecular weight is 395 g/mol. The number of anilines is 1. The van der Waals surface area contributed by atoms with Gasteiger partial charge in [0.1, 0.15) is 17.3 Å². The van der Waals surface area contributed by atoms with Crippen LogP contribution in [0, 0.1) is 6.92 Å². The molecule has 1 unspecified atom stereocenters. The van der Waals surface area contributed by atoms with Crippen LogP contribution >= 0.6 is 0 Å². The molecule has 0 fully saturated rings. The minimum absolute atomic E-state index is 0.0411. The van der Waals surface area contributed by atoms with Crippen LogP contribution in [0.2, 0.25) is 0 Å². The highest BCUT2D eigenvalue weighted by atomic mass is 16.3. The number of aryl methyl sites for hydroxylation is 1. The average Bonchev–Trinajstić information content (AvgIpc) is 3.53. The molecule has 5 nitrogen and oxygen atoms in total. The molecule has 148 valence electrons. The molecule has 0 saturated carbocycles. The summed E-state index contributed by atoms with van der Waals surface area (Å²) in [7, 11) is 0. The van der Waals surface area contributed by atoms with Gasteiger partial charge >= 0.3 is 0 Å². The molecule has 1 aromatic carbocycles. The molecule has 0 amide bonds. The van der Waals surface area contributed by atoms with Gasteiger partial charge in [-0.1, -0.05) is 24.3 Å². The van der Waals surface area contributed by atoms with Gasteiger partial charge in [-0.25, -0.2) is 9.99 Å². The molecule has 0 saturated heterocycles. The fourth-order valence-corrected chi connectivity index (χ4v) is 3.63. The number of para-hydroxylation sites is 1. The van der Waals surface area contributed by atoms with Crippen molar-refractivity contribution in [2.45, 2.75) is 19.4 Å². The van der Waals surface area contributed by atoms with Gasteiger partial charge in [0.2, 0.25) is 0 Å². The molecular weight excluding hydrogens is 374 g/mol. The number of fused-ring (bicyclic) bond motifs is 1. The van der Waals surface area contributed by atoms with E-state index in [1.165, 1.54) is 5.56 Å². The third kappa shape index (κ3) is 3.70. The van der Waals surface area contributed by atoms with Gasteiger partial charge in [0.05, 0.1) is 29.8 Å². The largest absolute Gasteiger partial charge is 0.465 e. The summed E-state index contributed by atoms with van der Waals surface area (Å²) in [6.07, 6.45) is 12.1. The van der Waals surface area contributed by atoms with Crippen molar-refractivity contribution in [2.24, 2.45) is 5.10 Å². The fourth-order valence-electron chi connectivity index (χ4n) is 3.63. The van der Waals surface area contributed by atoms with Crippen LogP contribution in [-0.4, -0.2) is 16.7 Å². The van der Waals surface area contributed by atoms with Crippen molar-refractivity contribution in [1.29, 1.82) is 0 Å². The Morgan fingerprint density at radius 2 is 1.70 bits per heavy atom. The summed E-state index contributed by atoms with van der Waals surface area (Å²) in [5.41, 5.74) is 3.11. The van der Waals surface area contributed by atoms with Crippen LogP contribution in [0.15, 0.2) is 93.2 Å². The summed E-state index contributed by atoms with van der Waals surface area (Å²) >= 11 is 0. The van der Waals surface area contributed by atoms with E-state index in [9.17, 15) is 0 Å². The van der Waals surface area contributed by atoms with Crippen molar-refractivity contribution in [2.75, 3.05) is 5.01 Å². The third-order valence-electron chi connectivity index (χ3n) is 5.12. The first-order chi connectivity index (χ1) is 14.8. The monoisotopic (exact) mass is 395 g/mol. The highest BCUT2D eigenvalue weighted by Gasteiger charge is 2.26. The minimum atomic E-state index is 0.0411. The lowest BCUT2D eigenvalue weighted by Gasteiger charge is -2.21. The highest BCUT2D eigenvalue weighted by molar-refractivity contribution is 6.01. The van der Waals surface area contributed by atoms with Crippen LogP contribution in [0.4, 0.5) is 5.82 Å². The quantitative estimate of drug-likeness (QED) is 0.410. The molecule has 0 N–H and O–H groups in total. The Bertz CT molecular complexity index is 1230. The molecule has 1 atom stereocenters. The van der Waals surface area contributed by atoms with Crippen LogP contribution in [0.1, 0.15) is 23.5 Å². The van der Waals surface area contributed by atoms with E-state index in [0.29, 0.717) is 0 Å². The number of rotatable bonds is 5. The first-order valence-electron chi connectivity index (χ1n) is 9.93. The predicted octanol–water partition coefficient (Wildman–Crippen LogP) is 6.09. The number of pyridine rings is 1. The Kier molecular flexibility index (Phi) is 4.77. The number of hydrogen-bond acceptors (Lipinski definition) is 5. The second-order valence-electron chi connectivity index (χ2n) is 7.25. The van der Waals surface area contributed by atoms with Gasteiger partial charge in [-0.2, -0.15) is 5.10 Å². The molecule has 5 heteroatoms. The molecule has 1 aliphatic rings. The molecule has 1 aliphatic heterocycles. The maximum Gasteiger partial charge on any atom is 0.150 e. The Morgan fingerprint density at radius 1 is 0.933 bits per heavy atom. The molecule has 4 aromatic rings. The zero-order valence-electron chi connectivity index (χ0n) is 16.6. The van der Waals surface area contributed by atoms with E-state index in [1.54, 1.807) is 12.5 Å². The first kappa shape index (κ1) is 18.2. The molecular formula is C25H21N3O2. The first-order valence-corrected chi connectivity index (χ1v) is 9.93. The van der Waals surface area contributed by atoms with Crippen molar-refractivity contribution < 1.29 is 8.83 Å². The van der Waals surface area contributed by atoms with Crippen LogP contribution in [0.3, 0.4) is 0 Å². The Hall–Kier alpha value is -3.86. The van der Waals surface area contributed by atoms with E-state index in [1.807, 2.05) is 65.7 Å². The summed E-state index contributed by atoms with van der Waals surface area (Å²) in [5.74, 6) is 2.46. The predicted molar refractivity (Wildman–Crippen MR) is 120 cm³/mol. The van der Waals surface area contributed by atoms with Gasteiger partial charge in [-0.3, -0.25) is 0 Å². The molecule has 3 aromatic heterocycles. The van der Waals surface area contributed by atoms with Crippen LogP contribution in [-0.2, 0) is 0 Å². The Morgan fingerprint density at radius 3 is 2.47 bits per heavy atom. The molecule has 0 spiro atoms. The third-order valence-corrected chi connectivity index (χ3v) is 5.12. The maximum absolute atomic E-state index is 5.45. The molecule has 5 rings (SSSR count). The molecule has 30 heavy (non-hydrogen) atoms. The van der Waals surface area contributed by atoms with Crippen molar-refractivity contribution in [3.63, 3.8) is 0 Å². The van der Waals surface area contributed by atoms with Gasteiger partial charge in [0, 0.05) is 11.8 Å². The lowest BCUT2D eigenvalue weighted by atomic mass is 10.1. The molecule has 4 heterocycles. The number of aromatic nitrogens is 1. The van der Waals surface area contributed by atoms with E-state index < -0.39 is 0 Å². The van der Waals surface area contributed by atoms with Crippen LogP contribution < -0.4 is 5.01 Å². The number of benzene rings is 1. The van der Waals surface area contributed by atoms with Gasteiger partial charge in [-0.05, 0) is 67.1 Å². The smallest absolute Gasteiger partial charge is 0.150 e. The van der Waals surface area contributed by atoms with Crippen molar-refractivity contribution in [1.82, 2.24) is 4.98 Å². The molecule has 0 aliphatic carbocycles. The van der Waals surface area contributed by atoms with Crippen LogP contribution in [0.5, 0.6) is 0 Å². The zero-order chi connectivity index (χ0) is 20.3. The van der Waals surface area contributed by atoms with E-state index in [-0.39, 0.29) is 6.04 Å². The van der Waals surface area contributed by atoms with E-state index in [2.05, 4.69) is 25.1 Å². The molecule has 0 radical (unpaired) electrons. The Labute approximate surface area is 174 Å². The summed E-state index contributed by atoms with van der Waals surface area (Å²) in [5, 5.41) is 8.01. The normalized spacial score (nSPS) is 16.9. The van der Waals surface area contributed by atoms with Crippen molar-refractivity contribution >= 4 is 34.6 Å². The Balaban J connectivity index is 1.50. The lowest BCUT2D eigenvalue weighted by Crippen LogP contribution is -2.25. The number of hydrazone groups is 1. The minimum Gasteiger partial charge on any atom is -0.465 e. The van der Waals surface area contributed by atoms with Gasteiger partial charge < -0.3 is 8.83 Å². The van der Waals surface area contributed by atoms with Gasteiger partial charge in [0.25, 0.3) is 0 Å². The topological polar surface area (TPSA) is 54.8 Å². The fraction of sp³-hybridized carbons (Fsp3) is 0.120. The second-order valence-corrected chi connectivity index (χ2v) is 7.25. The zero-order valence-corrected chi connectivity index (χ0v) is 16.6. The summed E-state index contributed by atoms with van der Waals surface area (Å²) in [4.78, 5) is 4.88. The molecule has 0 bridgehead atoms. The maximum atomic E-state index is 5.45. The number of furan rings is 2. The van der Waals surface area contributed by atoms with Crippen molar-refractivity contribution in [3.05, 3.63) is 96.4 Å². The summed E-state index contributed by atoms with van der Waals surface area (Å²) in [6, 6.07) is 17.9. The standard InChI is InChI=1S/C25H21N3O2/c1-18-16-25(26-24-9-3-2-8-23(18)24)28-20(11-13-22-7-5-15-30-22)17-19(27-28)10-12-21-6-4-14-29-21/h2-16,20H,17H2,1H3. The van der Waals surface area contributed by atoms with Gasteiger partial charge in [0.15, 0.2) is 0 Å². The number of nitrogens with zero attached hydrogens (tertiary/aromatic N) is 3. The highest BCUT2D eigenvalue weighted by Crippen LogP contribution is 2.29. The van der Waals surface area contributed by atoms with E-state index in [4.69, 9.17) is 18.9 Å². The summed E-state index contributed by atoms with van der Waals surface area (Å²) in [6.45, 7) is 2.11. The SMILES string of the molecule is Cc1cc(N2N=C(C=Cc3ccco3)CC2C=Cc2ccco2)nc2ccccc12. The lowest BCUT2D eigenvalue weighted by molar-refractivity contribution is 0.556. The second kappa shape index (κ2) is 7.87. The number of hydrogen-bond donors (Lipinski definition) is 0. The number of allylic oxidation sites excluding steroid dienone is 1.